The standard InChI is InChI=1S/C20H19ClN2O4/c1-12-18(19(23-27-12)14-6-4-5-7-15(14)21)20(24)22-11-13-8-9-16(25-2)17(10-13)26-3/h4-10H,11H2,1-3H3,(H,22,24). The molecule has 0 saturated heterocycles. The first-order valence-corrected chi connectivity index (χ1v) is 8.63. The Hall–Kier alpha value is -2.99. The van der Waals surface area contributed by atoms with E-state index >= 15 is 0 Å². The van der Waals surface area contributed by atoms with Crippen LogP contribution in [0.2, 0.25) is 5.02 Å². The number of hydrogen-bond donors (Lipinski definition) is 1. The quantitative estimate of drug-likeness (QED) is 0.685. The summed E-state index contributed by atoms with van der Waals surface area (Å²) in [4.78, 5) is 12.8. The van der Waals surface area contributed by atoms with Crippen molar-refractivity contribution in [1.29, 1.82) is 0 Å². The van der Waals surface area contributed by atoms with Gasteiger partial charge >= 0.3 is 0 Å². The van der Waals surface area contributed by atoms with Gasteiger partial charge in [-0.15, -0.1) is 0 Å². The van der Waals surface area contributed by atoms with Gasteiger partial charge < -0.3 is 19.3 Å². The zero-order valence-corrected chi connectivity index (χ0v) is 16.0. The van der Waals surface area contributed by atoms with E-state index in [2.05, 4.69) is 10.5 Å². The lowest BCUT2D eigenvalue weighted by atomic mass is 10.1. The smallest absolute Gasteiger partial charge is 0.257 e. The molecule has 140 valence electrons. The van der Waals surface area contributed by atoms with Gasteiger partial charge in [0.05, 0.1) is 19.2 Å². The van der Waals surface area contributed by atoms with Crippen molar-refractivity contribution in [2.24, 2.45) is 0 Å². The Balaban J connectivity index is 1.82. The van der Waals surface area contributed by atoms with Crippen molar-refractivity contribution in [2.75, 3.05) is 14.2 Å². The lowest BCUT2D eigenvalue weighted by Crippen LogP contribution is -2.23. The predicted octanol–water partition coefficient (Wildman–Crippen LogP) is 4.25. The largest absolute Gasteiger partial charge is 0.493 e. The van der Waals surface area contributed by atoms with Crippen LogP contribution in [0.3, 0.4) is 0 Å². The third kappa shape index (κ3) is 3.90. The molecule has 27 heavy (non-hydrogen) atoms. The van der Waals surface area contributed by atoms with E-state index in [9.17, 15) is 4.79 Å². The van der Waals surface area contributed by atoms with Crippen molar-refractivity contribution < 1.29 is 18.8 Å². The summed E-state index contributed by atoms with van der Waals surface area (Å²) in [6, 6.07) is 12.6. The number of halogens is 1. The highest BCUT2D eigenvalue weighted by Crippen LogP contribution is 2.31. The summed E-state index contributed by atoms with van der Waals surface area (Å²) in [5, 5.41) is 7.40. The van der Waals surface area contributed by atoms with Gasteiger partial charge in [0.1, 0.15) is 17.0 Å². The van der Waals surface area contributed by atoms with Crippen LogP contribution in [0, 0.1) is 6.92 Å². The fourth-order valence-electron chi connectivity index (χ4n) is 2.74. The van der Waals surface area contributed by atoms with E-state index in [1.54, 1.807) is 39.3 Å². The zero-order chi connectivity index (χ0) is 19.4. The maximum atomic E-state index is 12.8. The molecular formula is C20H19ClN2O4. The molecule has 0 aliphatic carbocycles. The van der Waals surface area contributed by atoms with Crippen LogP contribution in [0.4, 0.5) is 0 Å². The van der Waals surface area contributed by atoms with Gasteiger partial charge in [-0.3, -0.25) is 4.79 Å². The monoisotopic (exact) mass is 386 g/mol. The summed E-state index contributed by atoms with van der Waals surface area (Å²) < 4.78 is 15.7. The molecule has 0 radical (unpaired) electrons. The Kier molecular flexibility index (Phi) is 5.66. The maximum absolute atomic E-state index is 12.8. The Bertz CT molecular complexity index is 968. The number of ether oxygens (including phenoxy) is 2. The van der Waals surface area contributed by atoms with Crippen LogP contribution in [0.1, 0.15) is 21.7 Å². The predicted molar refractivity (Wildman–Crippen MR) is 102 cm³/mol. The zero-order valence-electron chi connectivity index (χ0n) is 15.2. The average molecular weight is 387 g/mol. The second-order valence-corrected chi connectivity index (χ2v) is 6.22. The molecule has 6 nitrogen and oxygen atoms in total. The van der Waals surface area contributed by atoms with Crippen LogP contribution in [0.25, 0.3) is 11.3 Å². The van der Waals surface area contributed by atoms with Gasteiger partial charge in [-0.1, -0.05) is 41.0 Å². The summed E-state index contributed by atoms with van der Waals surface area (Å²) >= 11 is 6.24. The Morgan fingerprint density at radius 2 is 1.89 bits per heavy atom. The normalized spacial score (nSPS) is 10.5. The molecule has 0 unspecified atom stereocenters. The summed E-state index contributed by atoms with van der Waals surface area (Å²) in [5.41, 5.74) is 2.30. The summed E-state index contributed by atoms with van der Waals surface area (Å²) in [5.74, 6) is 1.36. The number of amides is 1. The minimum Gasteiger partial charge on any atom is -0.493 e. The first kappa shape index (κ1) is 18.8. The lowest BCUT2D eigenvalue weighted by molar-refractivity contribution is 0.0950. The van der Waals surface area contributed by atoms with Gasteiger partial charge in [0, 0.05) is 12.1 Å². The molecule has 0 aliphatic rings. The Morgan fingerprint density at radius 3 is 2.59 bits per heavy atom. The Labute approximate surface area is 162 Å². The molecule has 2 aromatic carbocycles. The number of carbonyl (C=O) groups excluding carboxylic acids is 1. The summed E-state index contributed by atoms with van der Waals surface area (Å²) in [6.07, 6.45) is 0. The van der Waals surface area contributed by atoms with Crippen molar-refractivity contribution in [3.8, 4) is 22.8 Å². The van der Waals surface area contributed by atoms with Gasteiger partial charge in [0.15, 0.2) is 11.5 Å². The van der Waals surface area contributed by atoms with Crippen molar-refractivity contribution in [2.45, 2.75) is 13.5 Å². The first-order valence-electron chi connectivity index (χ1n) is 8.25. The number of nitrogens with one attached hydrogen (secondary N) is 1. The van der Waals surface area contributed by atoms with E-state index < -0.39 is 0 Å². The molecule has 0 saturated carbocycles. The number of nitrogens with zero attached hydrogens (tertiary/aromatic N) is 1. The number of hydrogen-bond acceptors (Lipinski definition) is 5. The third-order valence-electron chi connectivity index (χ3n) is 4.12. The highest BCUT2D eigenvalue weighted by atomic mass is 35.5. The van der Waals surface area contributed by atoms with Gasteiger partial charge in [-0.25, -0.2) is 0 Å². The van der Waals surface area contributed by atoms with Crippen LogP contribution in [0.5, 0.6) is 11.5 Å². The molecule has 0 spiro atoms. The number of methoxy groups -OCH3 is 2. The van der Waals surface area contributed by atoms with E-state index in [0.29, 0.717) is 45.6 Å². The highest BCUT2D eigenvalue weighted by molar-refractivity contribution is 6.33. The molecule has 3 rings (SSSR count). The number of benzene rings is 2. The highest BCUT2D eigenvalue weighted by Gasteiger charge is 2.22. The number of aryl methyl sites for hydroxylation is 1. The Morgan fingerprint density at radius 1 is 1.15 bits per heavy atom. The number of carbonyl (C=O) groups is 1. The van der Waals surface area contributed by atoms with E-state index in [4.69, 9.17) is 25.6 Å². The van der Waals surface area contributed by atoms with Crippen molar-refractivity contribution in [3.05, 3.63) is 64.4 Å². The lowest BCUT2D eigenvalue weighted by Gasteiger charge is -2.10. The second kappa shape index (κ2) is 8.14. The SMILES string of the molecule is COc1ccc(CNC(=O)c2c(-c3ccccc3Cl)noc2C)cc1OC. The van der Waals surface area contributed by atoms with E-state index in [1.807, 2.05) is 24.3 Å². The van der Waals surface area contributed by atoms with Crippen molar-refractivity contribution >= 4 is 17.5 Å². The molecule has 3 aromatic rings. The third-order valence-corrected chi connectivity index (χ3v) is 4.45. The topological polar surface area (TPSA) is 73.6 Å². The second-order valence-electron chi connectivity index (χ2n) is 5.81. The minimum absolute atomic E-state index is 0.293. The maximum Gasteiger partial charge on any atom is 0.257 e. The van der Waals surface area contributed by atoms with Gasteiger partial charge in [-0.05, 0) is 30.7 Å². The molecular weight excluding hydrogens is 368 g/mol. The van der Waals surface area contributed by atoms with E-state index in [0.717, 1.165) is 5.56 Å². The summed E-state index contributed by atoms with van der Waals surface area (Å²) in [6.45, 7) is 2.00. The molecule has 0 bridgehead atoms. The van der Waals surface area contributed by atoms with Gasteiger partial charge in [-0.2, -0.15) is 0 Å². The van der Waals surface area contributed by atoms with Crippen LogP contribution < -0.4 is 14.8 Å². The van der Waals surface area contributed by atoms with E-state index in [1.165, 1.54) is 0 Å². The van der Waals surface area contributed by atoms with Crippen LogP contribution in [-0.4, -0.2) is 25.3 Å². The molecule has 1 amide bonds. The van der Waals surface area contributed by atoms with Crippen molar-refractivity contribution in [3.63, 3.8) is 0 Å². The molecule has 0 atom stereocenters. The van der Waals surface area contributed by atoms with Gasteiger partial charge in [0.25, 0.3) is 5.91 Å². The van der Waals surface area contributed by atoms with Gasteiger partial charge in [0.2, 0.25) is 0 Å². The average Bonchev–Trinajstić information content (AvgIpc) is 3.07. The van der Waals surface area contributed by atoms with Crippen molar-refractivity contribution in [1.82, 2.24) is 10.5 Å². The van der Waals surface area contributed by atoms with E-state index in [-0.39, 0.29) is 5.91 Å². The first-order chi connectivity index (χ1) is 13.0. The molecule has 0 fully saturated rings. The molecule has 1 N–H and O–H groups in total. The van der Waals surface area contributed by atoms with Crippen LogP contribution in [0.15, 0.2) is 47.0 Å². The fraction of sp³-hybridized carbons (Fsp3) is 0.200. The summed E-state index contributed by atoms with van der Waals surface area (Å²) in [7, 11) is 3.14. The van der Waals surface area contributed by atoms with Crippen LogP contribution in [-0.2, 0) is 6.54 Å². The molecule has 1 heterocycles. The number of aromatic nitrogens is 1. The van der Waals surface area contributed by atoms with Crippen LogP contribution >= 0.6 is 11.6 Å². The number of rotatable bonds is 6. The minimum atomic E-state index is -0.293. The molecule has 7 heteroatoms. The molecule has 0 aliphatic heterocycles. The molecule has 1 aromatic heterocycles. The fourth-order valence-corrected chi connectivity index (χ4v) is 2.96.